The maximum Gasteiger partial charge on any atom is 0.184 e. The molecule has 0 saturated heterocycles. The molecule has 0 amide bonds. The number of para-hydroxylation sites is 1. The molecule has 0 saturated carbocycles. The standard InChI is InChI=1S/C11H7N3S/c12-7-14-6-5-10(13-8-15)9-3-1-2-4-11(9)14/h1-5H,6H2. The highest BCUT2D eigenvalue weighted by Gasteiger charge is 2.17. The molecule has 1 aromatic rings. The molecule has 0 fully saturated rings. The normalized spacial score (nSPS) is 13.3. The van der Waals surface area contributed by atoms with Crippen molar-refractivity contribution in [1.29, 1.82) is 5.26 Å². The Hall–Kier alpha value is -1.95. The molecule has 0 N–H and O–H groups in total. The van der Waals surface area contributed by atoms with Gasteiger partial charge in [-0.3, -0.25) is 4.90 Å². The minimum absolute atomic E-state index is 0.531. The fourth-order valence-electron chi connectivity index (χ4n) is 1.56. The summed E-state index contributed by atoms with van der Waals surface area (Å²) in [7, 11) is 0. The molecular formula is C11H7N3S. The zero-order valence-corrected chi connectivity index (χ0v) is 8.66. The second kappa shape index (κ2) is 4.05. The summed E-state index contributed by atoms with van der Waals surface area (Å²) in [6, 6.07) is 7.62. The maximum absolute atomic E-state index is 8.93. The van der Waals surface area contributed by atoms with Crippen molar-refractivity contribution in [3.05, 3.63) is 35.9 Å². The van der Waals surface area contributed by atoms with Gasteiger partial charge < -0.3 is 0 Å². The van der Waals surface area contributed by atoms with Crippen molar-refractivity contribution in [3.8, 4) is 6.19 Å². The zero-order valence-electron chi connectivity index (χ0n) is 7.84. The Kier molecular flexibility index (Phi) is 2.59. The van der Waals surface area contributed by atoms with E-state index in [-0.39, 0.29) is 0 Å². The van der Waals surface area contributed by atoms with Crippen LogP contribution in [0.3, 0.4) is 0 Å². The van der Waals surface area contributed by atoms with E-state index in [1.165, 1.54) is 0 Å². The molecule has 0 unspecified atom stereocenters. The van der Waals surface area contributed by atoms with Gasteiger partial charge in [0, 0.05) is 5.56 Å². The van der Waals surface area contributed by atoms with Gasteiger partial charge in [0.25, 0.3) is 0 Å². The third-order valence-corrected chi connectivity index (χ3v) is 2.32. The monoisotopic (exact) mass is 213 g/mol. The van der Waals surface area contributed by atoms with Crippen LogP contribution in [0.2, 0.25) is 0 Å². The molecule has 0 bridgehead atoms. The van der Waals surface area contributed by atoms with Gasteiger partial charge in [-0.15, -0.1) is 0 Å². The number of fused-ring (bicyclic) bond motifs is 1. The Labute approximate surface area is 93.0 Å². The summed E-state index contributed by atoms with van der Waals surface area (Å²) in [5.41, 5.74) is 2.57. The van der Waals surface area contributed by atoms with Crippen molar-refractivity contribution in [2.45, 2.75) is 0 Å². The van der Waals surface area contributed by atoms with Gasteiger partial charge in [0.15, 0.2) is 6.19 Å². The number of benzene rings is 1. The molecule has 15 heavy (non-hydrogen) atoms. The fraction of sp³-hybridized carbons (Fsp3) is 0.0909. The lowest BCUT2D eigenvalue weighted by Crippen LogP contribution is -2.20. The van der Waals surface area contributed by atoms with E-state index in [0.717, 1.165) is 16.9 Å². The highest BCUT2D eigenvalue weighted by Crippen LogP contribution is 2.31. The van der Waals surface area contributed by atoms with E-state index < -0.39 is 0 Å². The van der Waals surface area contributed by atoms with Crippen molar-refractivity contribution < 1.29 is 0 Å². The summed E-state index contributed by atoms with van der Waals surface area (Å²) in [6.45, 7) is 0.531. The summed E-state index contributed by atoms with van der Waals surface area (Å²) >= 11 is 4.58. The van der Waals surface area contributed by atoms with E-state index in [1.54, 1.807) is 4.90 Å². The van der Waals surface area contributed by atoms with Crippen LogP contribution in [0.5, 0.6) is 0 Å². The first-order chi connectivity index (χ1) is 7.36. The Morgan fingerprint density at radius 2 is 2.20 bits per heavy atom. The Bertz CT molecular complexity index is 507. The number of aliphatic imine (C=N–C) groups is 1. The molecule has 3 nitrogen and oxygen atoms in total. The summed E-state index contributed by atoms with van der Waals surface area (Å²) in [5.74, 6) is 0. The third kappa shape index (κ3) is 1.66. The van der Waals surface area contributed by atoms with E-state index in [2.05, 4.69) is 28.6 Å². The lowest BCUT2D eigenvalue weighted by atomic mass is 10.1. The van der Waals surface area contributed by atoms with Gasteiger partial charge in [-0.25, -0.2) is 0 Å². The van der Waals surface area contributed by atoms with Crippen LogP contribution in [0.25, 0.3) is 5.70 Å². The quantitative estimate of drug-likeness (QED) is 0.408. The van der Waals surface area contributed by atoms with Crippen LogP contribution in [-0.2, 0) is 0 Å². The van der Waals surface area contributed by atoms with Gasteiger partial charge in [-0.1, -0.05) is 18.2 Å². The van der Waals surface area contributed by atoms with Crippen molar-refractivity contribution in [1.82, 2.24) is 0 Å². The summed E-state index contributed by atoms with van der Waals surface area (Å²) in [5, 5.41) is 11.3. The number of thiocarbonyl (C=S) groups is 1. The van der Waals surface area contributed by atoms with Gasteiger partial charge in [-0.05, 0) is 24.4 Å². The van der Waals surface area contributed by atoms with E-state index >= 15 is 0 Å². The molecule has 1 aromatic carbocycles. The highest BCUT2D eigenvalue weighted by molar-refractivity contribution is 7.78. The average Bonchev–Trinajstić information content (AvgIpc) is 2.30. The van der Waals surface area contributed by atoms with Gasteiger partial charge in [0.1, 0.15) is 0 Å². The van der Waals surface area contributed by atoms with Crippen molar-refractivity contribution in [3.63, 3.8) is 0 Å². The molecule has 1 aliphatic heterocycles. The van der Waals surface area contributed by atoms with Crippen LogP contribution in [0.1, 0.15) is 5.56 Å². The van der Waals surface area contributed by atoms with Crippen LogP contribution >= 0.6 is 12.2 Å². The average molecular weight is 213 g/mol. The fourth-order valence-corrected chi connectivity index (χ4v) is 1.66. The third-order valence-electron chi connectivity index (χ3n) is 2.22. The van der Waals surface area contributed by atoms with E-state index in [0.29, 0.717) is 6.54 Å². The smallest absolute Gasteiger partial charge is 0.184 e. The molecule has 0 aromatic heterocycles. The van der Waals surface area contributed by atoms with Crippen LogP contribution in [0, 0.1) is 11.5 Å². The molecule has 1 aliphatic rings. The van der Waals surface area contributed by atoms with E-state index in [4.69, 9.17) is 5.26 Å². The number of nitrogens with zero attached hydrogens (tertiary/aromatic N) is 3. The van der Waals surface area contributed by atoms with Gasteiger partial charge in [-0.2, -0.15) is 10.3 Å². The van der Waals surface area contributed by atoms with Crippen molar-refractivity contribution in [2.24, 2.45) is 4.99 Å². The van der Waals surface area contributed by atoms with Crippen LogP contribution in [-0.4, -0.2) is 11.7 Å². The van der Waals surface area contributed by atoms with Crippen LogP contribution < -0.4 is 4.90 Å². The maximum atomic E-state index is 8.93. The Morgan fingerprint density at radius 3 is 2.93 bits per heavy atom. The van der Waals surface area contributed by atoms with Crippen LogP contribution in [0.4, 0.5) is 5.69 Å². The minimum Gasteiger partial charge on any atom is -0.275 e. The van der Waals surface area contributed by atoms with E-state index in [1.807, 2.05) is 30.3 Å². The number of anilines is 1. The number of rotatable bonds is 1. The zero-order chi connectivity index (χ0) is 10.7. The summed E-state index contributed by atoms with van der Waals surface area (Å²) in [6.07, 6.45) is 3.99. The predicted molar refractivity (Wildman–Crippen MR) is 62.4 cm³/mol. The molecular weight excluding hydrogens is 206 g/mol. The predicted octanol–water partition coefficient (Wildman–Crippen LogP) is 2.43. The molecule has 0 spiro atoms. The van der Waals surface area contributed by atoms with Crippen molar-refractivity contribution in [2.75, 3.05) is 11.4 Å². The SMILES string of the molecule is N#CN1CC=C(N=C=S)c2ccccc21. The van der Waals surface area contributed by atoms with Crippen molar-refractivity contribution >= 4 is 28.8 Å². The van der Waals surface area contributed by atoms with E-state index in [9.17, 15) is 0 Å². The first-order valence-corrected chi connectivity index (χ1v) is 4.82. The lowest BCUT2D eigenvalue weighted by Gasteiger charge is -2.22. The lowest BCUT2D eigenvalue weighted by molar-refractivity contribution is 1.07. The Morgan fingerprint density at radius 1 is 1.40 bits per heavy atom. The number of isothiocyanates is 1. The van der Waals surface area contributed by atoms with Gasteiger partial charge in [0.2, 0.25) is 0 Å². The first-order valence-electron chi connectivity index (χ1n) is 4.41. The second-order valence-electron chi connectivity index (χ2n) is 3.02. The highest BCUT2D eigenvalue weighted by atomic mass is 32.1. The molecule has 0 aliphatic carbocycles. The largest absolute Gasteiger partial charge is 0.275 e. The second-order valence-corrected chi connectivity index (χ2v) is 3.20. The Balaban J connectivity index is 2.58. The van der Waals surface area contributed by atoms with Crippen LogP contribution in [0.15, 0.2) is 35.3 Å². The molecule has 1 heterocycles. The molecule has 2 rings (SSSR count). The summed E-state index contributed by atoms with van der Waals surface area (Å²) in [4.78, 5) is 5.59. The molecule has 72 valence electrons. The number of hydrogen-bond acceptors (Lipinski definition) is 4. The topological polar surface area (TPSA) is 39.4 Å². The number of nitriles is 1. The molecule has 4 heteroatoms. The molecule has 0 atom stereocenters. The summed E-state index contributed by atoms with van der Waals surface area (Å²) < 4.78 is 0. The van der Waals surface area contributed by atoms with Gasteiger partial charge in [0.05, 0.1) is 23.1 Å². The minimum atomic E-state index is 0.531. The number of hydrogen-bond donors (Lipinski definition) is 0. The van der Waals surface area contributed by atoms with Gasteiger partial charge >= 0.3 is 0 Å². The first kappa shape index (κ1) is 9.60. The molecule has 0 radical (unpaired) electrons.